The van der Waals surface area contributed by atoms with Gasteiger partial charge in [-0.2, -0.15) is 0 Å². The molecule has 1 aliphatic heterocycles. The molecule has 1 fully saturated rings. The molecule has 0 radical (unpaired) electrons. The van der Waals surface area contributed by atoms with Crippen molar-refractivity contribution in [3.8, 4) is 11.3 Å². The smallest absolute Gasteiger partial charge is 0.315 e. The summed E-state index contributed by atoms with van der Waals surface area (Å²) >= 11 is 1.20. The number of thiazole rings is 1. The Balaban J connectivity index is 1.72. The average molecular weight is 306 g/mol. The highest BCUT2D eigenvalue weighted by Crippen LogP contribution is 2.26. The molecule has 0 unspecified atom stereocenters. The van der Waals surface area contributed by atoms with Crippen molar-refractivity contribution in [1.29, 1.82) is 0 Å². The maximum Gasteiger partial charge on any atom is 0.315 e. The summed E-state index contributed by atoms with van der Waals surface area (Å²) in [6.45, 7) is 0.232. The first kappa shape index (κ1) is 13.5. The summed E-state index contributed by atoms with van der Waals surface area (Å²) in [6, 6.07) is 5.29. The third-order valence-electron chi connectivity index (χ3n) is 2.97. The van der Waals surface area contributed by atoms with Crippen LogP contribution in [0.15, 0.2) is 29.6 Å². The monoisotopic (exact) mass is 306 g/mol. The molecule has 0 saturated carbocycles. The number of nitrogens with one attached hydrogen (secondary N) is 3. The van der Waals surface area contributed by atoms with Gasteiger partial charge in [0.25, 0.3) is 5.91 Å². The van der Waals surface area contributed by atoms with E-state index in [4.69, 9.17) is 0 Å². The highest BCUT2D eigenvalue weighted by atomic mass is 32.1. The van der Waals surface area contributed by atoms with Crippen LogP contribution in [0.2, 0.25) is 0 Å². The Hall–Kier alpha value is -2.48. The molecule has 0 bridgehead atoms. The molecular weight excluding hydrogens is 295 g/mol. The number of halogens is 1. The first-order chi connectivity index (χ1) is 10.1. The summed E-state index contributed by atoms with van der Waals surface area (Å²) in [5, 5.41) is 9.61. The number of aromatic nitrogens is 1. The number of nitrogens with zero attached hydrogens (tertiary/aromatic N) is 1. The van der Waals surface area contributed by atoms with Crippen LogP contribution in [0.1, 0.15) is 0 Å². The van der Waals surface area contributed by atoms with Gasteiger partial charge in [-0.1, -0.05) is 12.1 Å². The Morgan fingerprint density at radius 3 is 2.95 bits per heavy atom. The van der Waals surface area contributed by atoms with Gasteiger partial charge in [-0.05, 0) is 12.1 Å². The van der Waals surface area contributed by atoms with Crippen LogP contribution < -0.4 is 16.0 Å². The zero-order valence-electron chi connectivity index (χ0n) is 10.7. The average Bonchev–Trinajstić information content (AvgIpc) is 3.08. The van der Waals surface area contributed by atoms with E-state index in [1.807, 2.05) is 0 Å². The van der Waals surface area contributed by atoms with Crippen LogP contribution >= 0.6 is 11.3 Å². The van der Waals surface area contributed by atoms with E-state index in [9.17, 15) is 14.0 Å². The predicted octanol–water partition coefficient (Wildman–Crippen LogP) is 1.57. The van der Waals surface area contributed by atoms with Gasteiger partial charge >= 0.3 is 6.03 Å². The lowest BCUT2D eigenvalue weighted by atomic mass is 10.2. The zero-order chi connectivity index (χ0) is 14.8. The molecule has 2 aromatic rings. The molecule has 1 aromatic carbocycles. The lowest BCUT2D eigenvalue weighted by molar-refractivity contribution is -0.117. The Labute approximate surface area is 123 Å². The molecule has 8 heteroatoms. The van der Waals surface area contributed by atoms with E-state index in [0.29, 0.717) is 16.4 Å². The topological polar surface area (TPSA) is 83.1 Å². The summed E-state index contributed by atoms with van der Waals surface area (Å²) in [5.74, 6) is -0.726. The van der Waals surface area contributed by atoms with Crippen molar-refractivity contribution in [1.82, 2.24) is 15.6 Å². The van der Waals surface area contributed by atoms with E-state index in [1.54, 1.807) is 23.6 Å². The highest BCUT2D eigenvalue weighted by Gasteiger charge is 2.27. The molecule has 2 heterocycles. The minimum Gasteiger partial charge on any atom is -0.336 e. The van der Waals surface area contributed by atoms with Crippen LogP contribution in [0, 0.1) is 5.82 Å². The molecule has 3 rings (SSSR count). The van der Waals surface area contributed by atoms with Crippen LogP contribution in [0.4, 0.5) is 14.3 Å². The number of anilines is 1. The van der Waals surface area contributed by atoms with Gasteiger partial charge in [0.2, 0.25) is 0 Å². The molecule has 3 amide bonds. The Morgan fingerprint density at radius 2 is 2.24 bits per heavy atom. The van der Waals surface area contributed by atoms with E-state index in [1.165, 1.54) is 17.4 Å². The minimum atomic E-state index is -0.627. The van der Waals surface area contributed by atoms with Gasteiger partial charge in [0, 0.05) is 17.5 Å². The van der Waals surface area contributed by atoms with Crippen molar-refractivity contribution in [2.75, 3.05) is 11.9 Å². The molecule has 1 aromatic heterocycles. The number of benzene rings is 1. The largest absolute Gasteiger partial charge is 0.336 e. The second kappa shape index (κ2) is 5.49. The lowest BCUT2D eigenvalue weighted by Gasteiger charge is -2.07. The van der Waals surface area contributed by atoms with Gasteiger partial charge in [0.15, 0.2) is 5.13 Å². The maximum atomic E-state index is 13.7. The summed E-state index contributed by atoms with van der Waals surface area (Å²) in [5.41, 5.74) is 0.840. The number of urea groups is 1. The molecule has 0 aliphatic carbocycles. The Morgan fingerprint density at radius 1 is 1.43 bits per heavy atom. The highest BCUT2D eigenvalue weighted by molar-refractivity contribution is 7.14. The Bertz CT molecular complexity index is 703. The fraction of sp³-hybridized carbons (Fsp3) is 0.154. The lowest BCUT2D eigenvalue weighted by Crippen LogP contribution is -2.38. The van der Waals surface area contributed by atoms with Gasteiger partial charge in [0.1, 0.15) is 11.9 Å². The van der Waals surface area contributed by atoms with Crippen molar-refractivity contribution < 1.29 is 14.0 Å². The number of amides is 3. The summed E-state index contributed by atoms with van der Waals surface area (Å²) in [7, 11) is 0. The normalized spacial score (nSPS) is 17.2. The van der Waals surface area contributed by atoms with E-state index in [2.05, 4.69) is 20.9 Å². The SMILES string of the molecule is O=C1NC[C@H](C(=O)Nc2nc(-c3ccccc3F)cs2)N1. The van der Waals surface area contributed by atoms with Crippen molar-refractivity contribution in [3.05, 3.63) is 35.5 Å². The standard InChI is InChI=1S/C13H11FN4O2S/c14-8-4-2-1-3-7(8)10-6-21-13(17-10)18-11(19)9-5-15-12(20)16-9/h1-4,6,9H,5H2,(H2,15,16,20)(H,17,18,19)/t9-/m1/s1. The number of carbonyl (C=O) groups is 2. The zero-order valence-corrected chi connectivity index (χ0v) is 11.5. The predicted molar refractivity (Wildman–Crippen MR) is 76.5 cm³/mol. The molecule has 0 spiro atoms. The van der Waals surface area contributed by atoms with Crippen molar-refractivity contribution >= 4 is 28.4 Å². The van der Waals surface area contributed by atoms with Crippen LogP contribution in [0.5, 0.6) is 0 Å². The van der Waals surface area contributed by atoms with Crippen LogP contribution in [0.3, 0.4) is 0 Å². The van der Waals surface area contributed by atoms with Crippen LogP contribution in [-0.4, -0.2) is 29.5 Å². The quantitative estimate of drug-likeness (QED) is 0.805. The molecule has 3 N–H and O–H groups in total. The number of carbonyl (C=O) groups excluding carboxylic acids is 2. The minimum absolute atomic E-state index is 0.232. The maximum absolute atomic E-state index is 13.7. The molecule has 21 heavy (non-hydrogen) atoms. The van der Waals surface area contributed by atoms with E-state index in [0.717, 1.165) is 0 Å². The molecular formula is C13H11FN4O2S. The van der Waals surface area contributed by atoms with Crippen molar-refractivity contribution in [2.45, 2.75) is 6.04 Å². The first-order valence-electron chi connectivity index (χ1n) is 6.19. The molecule has 1 saturated heterocycles. The number of rotatable bonds is 3. The summed E-state index contributed by atoms with van der Waals surface area (Å²) in [6.07, 6.45) is 0. The number of hydrogen-bond donors (Lipinski definition) is 3. The van der Waals surface area contributed by atoms with E-state index < -0.39 is 6.04 Å². The summed E-state index contributed by atoms with van der Waals surface area (Å²) < 4.78 is 13.7. The fourth-order valence-electron chi connectivity index (χ4n) is 1.93. The fourth-order valence-corrected chi connectivity index (χ4v) is 2.64. The van der Waals surface area contributed by atoms with Gasteiger partial charge < -0.3 is 16.0 Å². The molecule has 1 aliphatic rings. The summed E-state index contributed by atoms with van der Waals surface area (Å²) in [4.78, 5) is 27.1. The van der Waals surface area contributed by atoms with Crippen LogP contribution in [-0.2, 0) is 4.79 Å². The number of hydrogen-bond acceptors (Lipinski definition) is 4. The van der Waals surface area contributed by atoms with Gasteiger partial charge in [-0.3, -0.25) is 4.79 Å². The van der Waals surface area contributed by atoms with Crippen molar-refractivity contribution in [2.24, 2.45) is 0 Å². The second-order valence-electron chi connectivity index (χ2n) is 4.41. The van der Waals surface area contributed by atoms with E-state index >= 15 is 0 Å². The molecule has 6 nitrogen and oxygen atoms in total. The molecule has 1 atom stereocenters. The molecule has 108 valence electrons. The van der Waals surface area contributed by atoms with Gasteiger partial charge in [-0.15, -0.1) is 11.3 Å². The Kier molecular flexibility index (Phi) is 3.53. The van der Waals surface area contributed by atoms with E-state index in [-0.39, 0.29) is 24.3 Å². The third kappa shape index (κ3) is 2.84. The van der Waals surface area contributed by atoms with Gasteiger partial charge in [-0.25, -0.2) is 14.2 Å². The van der Waals surface area contributed by atoms with Crippen molar-refractivity contribution in [3.63, 3.8) is 0 Å². The van der Waals surface area contributed by atoms with Crippen LogP contribution in [0.25, 0.3) is 11.3 Å². The second-order valence-corrected chi connectivity index (χ2v) is 5.27. The first-order valence-corrected chi connectivity index (χ1v) is 7.07. The third-order valence-corrected chi connectivity index (χ3v) is 3.73. The van der Waals surface area contributed by atoms with Gasteiger partial charge in [0.05, 0.1) is 5.69 Å².